The van der Waals surface area contributed by atoms with Gasteiger partial charge >= 0.3 is 0 Å². The van der Waals surface area contributed by atoms with Crippen LogP contribution in [0.15, 0.2) is 0 Å². The fourth-order valence-electron chi connectivity index (χ4n) is 2.84. The predicted octanol–water partition coefficient (Wildman–Crippen LogP) is 3.08. The van der Waals surface area contributed by atoms with Crippen molar-refractivity contribution in [3.63, 3.8) is 0 Å². The Morgan fingerprint density at radius 1 is 1.38 bits per heavy atom. The lowest BCUT2D eigenvalue weighted by atomic mass is 9.81. The van der Waals surface area contributed by atoms with Crippen LogP contribution in [0.1, 0.15) is 47.0 Å². The van der Waals surface area contributed by atoms with E-state index in [2.05, 4.69) is 34.0 Å². The molecule has 1 aliphatic heterocycles. The van der Waals surface area contributed by atoms with Gasteiger partial charge in [-0.2, -0.15) is 11.8 Å². The van der Waals surface area contributed by atoms with Gasteiger partial charge in [-0.05, 0) is 59.0 Å². The fraction of sp³-hybridized carbons (Fsp3) is 1.00. The lowest BCUT2D eigenvalue weighted by molar-refractivity contribution is -0.0881. The maximum Gasteiger partial charge on any atom is 0.0687 e. The molecule has 0 aromatic carbocycles. The summed E-state index contributed by atoms with van der Waals surface area (Å²) < 4.78 is 6.01. The number of rotatable bonds is 5. The third kappa shape index (κ3) is 3.64. The summed E-state index contributed by atoms with van der Waals surface area (Å²) in [5, 5.41) is 10.3. The van der Waals surface area contributed by atoms with Crippen LogP contribution in [0.4, 0.5) is 0 Å². The molecule has 1 saturated heterocycles. The highest BCUT2D eigenvalue weighted by atomic mass is 32.2. The summed E-state index contributed by atoms with van der Waals surface area (Å²) in [6, 6.07) is 0. The molecule has 0 radical (unpaired) electrons. The molecule has 1 fully saturated rings. The van der Waals surface area contributed by atoms with Crippen LogP contribution in [0.2, 0.25) is 0 Å². The molecule has 0 aromatic heterocycles. The van der Waals surface area contributed by atoms with Crippen molar-refractivity contribution in [2.24, 2.45) is 5.92 Å². The monoisotopic (exact) mass is 246 g/mol. The van der Waals surface area contributed by atoms with Gasteiger partial charge in [0, 0.05) is 5.92 Å². The van der Waals surface area contributed by atoms with Crippen LogP contribution in [-0.2, 0) is 4.74 Å². The molecule has 2 unspecified atom stereocenters. The van der Waals surface area contributed by atoms with E-state index in [9.17, 15) is 5.11 Å². The molecule has 1 heterocycles. The highest BCUT2D eigenvalue weighted by Gasteiger charge is 2.48. The summed E-state index contributed by atoms with van der Waals surface area (Å²) in [6.45, 7) is 8.43. The van der Waals surface area contributed by atoms with E-state index in [1.807, 2.05) is 11.8 Å². The zero-order valence-electron chi connectivity index (χ0n) is 11.2. The van der Waals surface area contributed by atoms with Crippen molar-refractivity contribution in [3.8, 4) is 0 Å². The molecule has 0 aliphatic carbocycles. The summed E-state index contributed by atoms with van der Waals surface area (Å²) in [5.41, 5.74) is -0.281. The van der Waals surface area contributed by atoms with Crippen molar-refractivity contribution in [1.29, 1.82) is 0 Å². The number of hydrogen-bond donors (Lipinski definition) is 1. The van der Waals surface area contributed by atoms with E-state index in [0.29, 0.717) is 0 Å². The summed E-state index contributed by atoms with van der Waals surface area (Å²) in [6.07, 6.45) is 4.84. The summed E-state index contributed by atoms with van der Waals surface area (Å²) in [4.78, 5) is 0. The van der Waals surface area contributed by atoms with Crippen molar-refractivity contribution in [1.82, 2.24) is 0 Å². The lowest BCUT2D eigenvalue weighted by Gasteiger charge is -2.30. The Morgan fingerprint density at radius 2 is 2.00 bits per heavy atom. The van der Waals surface area contributed by atoms with E-state index >= 15 is 0 Å². The van der Waals surface area contributed by atoms with Gasteiger partial charge in [0.05, 0.1) is 17.3 Å². The summed E-state index contributed by atoms with van der Waals surface area (Å²) in [7, 11) is 0. The van der Waals surface area contributed by atoms with Gasteiger partial charge in [0.15, 0.2) is 0 Å². The first kappa shape index (κ1) is 14.3. The molecule has 0 bridgehead atoms. The van der Waals surface area contributed by atoms with E-state index in [0.717, 1.165) is 25.0 Å². The van der Waals surface area contributed by atoms with E-state index < -0.39 is 0 Å². The zero-order chi connectivity index (χ0) is 12.4. The Kier molecular flexibility index (Phi) is 4.73. The van der Waals surface area contributed by atoms with Crippen molar-refractivity contribution in [3.05, 3.63) is 0 Å². The van der Waals surface area contributed by atoms with Gasteiger partial charge in [-0.25, -0.2) is 0 Å². The molecule has 96 valence electrons. The first-order valence-electron chi connectivity index (χ1n) is 6.16. The number of aliphatic hydroxyl groups is 1. The van der Waals surface area contributed by atoms with Crippen molar-refractivity contribution in [2.45, 2.75) is 64.3 Å². The number of aliphatic hydroxyl groups excluding tert-OH is 1. The third-order valence-corrected chi connectivity index (χ3v) is 4.15. The van der Waals surface area contributed by atoms with Crippen molar-refractivity contribution in [2.75, 3.05) is 12.0 Å². The topological polar surface area (TPSA) is 29.5 Å². The van der Waals surface area contributed by atoms with Crippen LogP contribution >= 0.6 is 11.8 Å². The van der Waals surface area contributed by atoms with E-state index in [4.69, 9.17) is 4.74 Å². The van der Waals surface area contributed by atoms with Gasteiger partial charge in [-0.1, -0.05) is 0 Å². The Bertz CT molecular complexity index is 226. The zero-order valence-corrected chi connectivity index (χ0v) is 12.1. The maximum atomic E-state index is 10.3. The summed E-state index contributed by atoms with van der Waals surface area (Å²) in [5.74, 6) is 1.40. The first-order valence-corrected chi connectivity index (χ1v) is 7.55. The van der Waals surface area contributed by atoms with Gasteiger partial charge in [0.1, 0.15) is 0 Å². The highest BCUT2D eigenvalue weighted by Crippen LogP contribution is 2.44. The Morgan fingerprint density at radius 3 is 2.44 bits per heavy atom. The van der Waals surface area contributed by atoms with Gasteiger partial charge in [-0.3, -0.25) is 0 Å². The van der Waals surface area contributed by atoms with Crippen LogP contribution in [0.25, 0.3) is 0 Å². The largest absolute Gasteiger partial charge is 0.393 e. The molecule has 1 N–H and O–H groups in total. The molecule has 2 atom stereocenters. The minimum absolute atomic E-state index is 0.0886. The predicted molar refractivity (Wildman–Crippen MR) is 71.0 cm³/mol. The molecule has 0 saturated carbocycles. The van der Waals surface area contributed by atoms with Gasteiger partial charge in [0.2, 0.25) is 0 Å². The van der Waals surface area contributed by atoms with E-state index in [1.165, 1.54) is 0 Å². The second kappa shape index (κ2) is 5.28. The molecule has 2 nitrogen and oxygen atoms in total. The summed E-state index contributed by atoms with van der Waals surface area (Å²) >= 11 is 1.84. The minimum Gasteiger partial charge on any atom is -0.393 e. The Balaban J connectivity index is 2.52. The van der Waals surface area contributed by atoms with E-state index in [1.54, 1.807) is 0 Å². The van der Waals surface area contributed by atoms with Crippen LogP contribution in [0, 0.1) is 5.92 Å². The highest BCUT2D eigenvalue weighted by molar-refractivity contribution is 7.98. The lowest BCUT2D eigenvalue weighted by Crippen LogP contribution is -2.36. The second-order valence-electron chi connectivity index (χ2n) is 5.98. The van der Waals surface area contributed by atoms with Crippen LogP contribution in [-0.4, -0.2) is 34.4 Å². The SMILES string of the molecule is CSCCCC(O)C1CC(C)(C)OC1(C)C. The number of ether oxygens (including phenoxy) is 1. The molecule has 0 aromatic rings. The molecule has 0 spiro atoms. The molecule has 1 rings (SSSR count). The minimum atomic E-state index is -0.219. The normalized spacial score (nSPS) is 29.2. The maximum absolute atomic E-state index is 10.3. The van der Waals surface area contributed by atoms with Gasteiger partial charge in [0.25, 0.3) is 0 Å². The number of hydrogen-bond acceptors (Lipinski definition) is 3. The average Bonchev–Trinajstić information content (AvgIpc) is 2.34. The molecule has 1 aliphatic rings. The van der Waals surface area contributed by atoms with Crippen LogP contribution < -0.4 is 0 Å². The standard InChI is InChI=1S/C13H26O2S/c1-12(2)9-10(13(3,4)15-12)11(14)7-6-8-16-5/h10-11,14H,6-9H2,1-5H3. The molecular weight excluding hydrogens is 220 g/mol. The molecule has 0 amide bonds. The molecule has 16 heavy (non-hydrogen) atoms. The second-order valence-corrected chi connectivity index (χ2v) is 6.96. The van der Waals surface area contributed by atoms with Gasteiger partial charge in [-0.15, -0.1) is 0 Å². The van der Waals surface area contributed by atoms with Crippen LogP contribution in [0.3, 0.4) is 0 Å². The Labute approximate surface area is 104 Å². The third-order valence-electron chi connectivity index (χ3n) is 3.46. The fourth-order valence-corrected chi connectivity index (χ4v) is 3.30. The smallest absolute Gasteiger partial charge is 0.0687 e. The molecular formula is C13H26O2S. The quantitative estimate of drug-likeness (QED) is 0.756. The number of thioether (sulfide) groups is 1. The van der Waals surface area contributed by atoms with Crippen molar-refractivity contribution >= 4 is 11.8 Å². The van der Waals surface area contributed by atoms with Crippen LogP contribution in [0.5, 0.6) is 0 Å². The van der Waals surface area contributed by atoms with Crippen molar-refractivity contribution < 1.29 is 9.84 Å². The van der Waals surface area contributed by atoms with E-state index in [-0.39, 0.29) is 23.2 Å². The Hall–Kier alpha value is 0.270. The van der Waals surface area contributed by atoms with Gasteiger partial charge < -0.3 is 9.84 Å². The molecule has 3 heteroatoms. The first-order chi connectivity index (χ1) is 7.28. The average molecular weight is 246 g/mol.